The molecular weight excluding hydrogens is 977 g/mol. The Labute approximate surface area is 459 Å². The Morgan fingerprint density at radius 3 is 0.859 bits per heavy atom. The molecule has 7 rings (SSSR count). The molecule has 0 aliphatic rings. The van der Waals surface area contributed by atoms with Crippen LogP contribution in [0, 0.1) is 23.7 Å². The van der Waals surface area contributed by atoms with Crippen LogP contribution < -0.4 is 28.4 Å². The summed E-state index contributed by atoms with van der Waals surface area (Å²) in [5, 5.41) is 0. The Hall–Kier alpha value is -8.86. The highest BCUT2D eigenvalue weighted by atomic mass is 16.5. The number of ether oxygens (including phenoxy) is 6. The zero-order valence-corrected chi connectivity index (χ0v) is 44.6. The minimum Gasteiger partial charge on any atom is -0.494 e. The van der Waals surface area contributed by atoms with E-state index >= 15 is 0 Å². The molecular formula is C68H66O10. The fourth-order valence-electron chi connectivity index (χ4n) is 8.03. The van der Waals surface area contributed by atoms with Crippen molar-refractivity contribution in [1.82, 2.24) is 0 Å². The van der Waals surface area contributed by atoms with E-state index in [1.54, 1.807) is 146 Å². The Balaban J connectivity index is 0.807. The van der Waals surface area contributed by atoms with Crippen LogP contribution in [0.4, 0.5) is 0 Å². The molecule has 0 unspecified atom stereocenters. The van der Waals surface area contributed by atoms with Crippen molar-refractivity contribution in [3.8, 4) is 58.2 Å². The van der Waals surface area contributed by atoms with Gasteiger partial charge in [-0.1, -0.05) is 121 Å². The predicted octanol–water partition coefficient (Wildman–Crippen LogP) is 15.6. The van der Waals surface area contributed by atoms with Gasteiger partial charge in [0.15, 0.2) is 0 Å². The molecule has 0 aliphatic carbocycles. The van der Waals surface area contributed by atoms with Gasteiger partial charge in [-0.15, -0.1) is 0 Å². The fourth-order valence-corrected chi connectivity index (χ4v) is 8.03. The van der Waals surface area contributed by atoms with Gasteiger partial charge in [0.25, 0.3) is 0 Å². The Kier molecular flexibility index (Phi) is 22.8. The SMILES string of the molecule is CCCCCCCCCOc1ccc(C(=O)Oc2ccc(C(=O)Oc3ccc(C#Cc4cccc(C#Cc5ccc(OC(=O)c6ccc(OC(=O)c7ccc(OCCCCCCCCC)cc7)cc6)cc5)c4)cc3)cc2)cc1. The lowest BCUT2D eigenvalue weighted by atomic mass is 10.1. The third-order valence-corrected chi connectivity index (χ3v) is 12.5. The van der Waals surface area contributed by atoms with Gasteiger partial charge in [0.2, 0.25) is 0 Å². The van der Waals surface area contributed by atoms with Gasteiger partial charge in [-0.3, -0.25) is 0 Å². The molecule has 78 heavy (non-hydrogen) atoms. The van der Waals surface area contributed by atoms with Crippen molar-refractivity contribution >= 4 is 23.9 Å². The first-order valence-electron chi connectivity index (χ1n) is 27.1. The van der Waals surface area contributed by atoms with Crippen LogP contribution in [0.5, 0.6) is 34.5 Å². The van der Waals surface area contributed by atoms with Crippen molar-refractivity contribution in [3.05, 3.63) is 214 Å². The van der Waals surface area contributed by atoms with E-state index in [9.17, 15) is 19.2 Å². The Morgan fingerprint density at radius 1 is 0.295 bits per heavy atom. The molecule has 10 heteroatoms. The molecule has 0 aromatic heterocycles. The smallest absolute Gasteiger partial charge is 0.343 e. The molecule has 0 saturated carbocycles. The summed E-state index contributed by atoms with van der Waals surface area (Å²) in [7, 11) is 0. The first-order valence-corrected chi connectivity index (χ1v) is 27.1. The van der Waals surface area contributed by atoms with Gasteiger partial charge in [-0.05, 0) is 177 Å². The van der Waals surface area contributed by atoms with Crippen molar-refractivity contribution in [2.24, 2.45) is 0 Å². The molecule has 0 spiro atoms. The molecule has 0 fully saturated rings. The molecule has 398 valence electrons. The van der Waals surface area contributed by atoms with E-state index in [2.05, 4.69) is 37.5 Å². The number of unbranched alkanes of at least 4 members (excludes halogenated alkanes) is 12. The maximum Gasteiger partial charge on any atom is 0.343 e. The molecule has 10 nitrogen and oxygen atoms in total. The minimum absolute atomic E-state index is 0.294. The van der Waals surface area contributed by atoms with Crippen LogP contribution in [0.15, 0.2) is 170 Å². The number of benzene rings is 7. The van der Waals surface area contributed by atoms with Crippen LogP contribution >= 0.6 is 0 Å². The molecule has 0 heterocycles. The van der Waals surface area contributed by atoms with E-state index in [4.69, 9.17) is 28.4 Å². The van der Waals surface area contributed by atoms with Crippen LogP contribution in [-0.4, -0.2) is 37.1 Å². The van der Waals surface area contributed by atoms with Gasteiger partial charge < -0.3 is 28.4 Å². The highest BCUT2D eigenvalue weighted by Crippen LogP contribution is 2.22. The third kappa shape index (κ3) is 19.4. The first-order chi connectivity index (χ1) is 38.2. The van der Waals surface area contributed by atoms with Crippen LogP contribution in [0.25, 0.3) is 0 Å². The molecule has 7 aromatic carbocycles. The molecule has 7 aromatic rings. The maximum atomic E-state index is 12.9. The lowest BCUT2D eigenvalue weighted by Crippen LogP contribution is -2.10. The molecule has 0 amide bonds. The number of rotatable bonds is 26. The summed E-state index contributed by atoms with van der Waals surface area (Å²) in [4.78, 5) is 51.4. The van der Waals surface area contributed by atoms with Crippen LogP contribution in [0.1, 0.15) is 167 Å². The molecule has 0 bridgehead atoms. The Morgan fingerprint density at radius 2 is 0.551 bits per heavy atom. The summed E-state index contributed by atoms with van der Waals surface area (Å²) in [5.74, 6) is 13.2. The topological polar surface area (TPSA) is 124 Å². The average molecular weight is 1040 g/mol. The van der Waals surface area contributed by atoms with Gasteiger partial charge in [0.05, 0.1) is 35.5 Å². The van der Waals surface area contributed by atoms with E-state index in [0.717, 1.165) is 47.9 Å². The third-order valence-electron chi connectivity index (χ3n) is 12.5. The summed E-state index contributed by atoms with van der Waals surface area (Å²) in [6.45, 7) is 5.73. The molecule has 0 radical (unpaired) electrons. The molecule has 0 N–H and O–H groups in total. The number of carbonyl (C=O) groups is 4. The number of carbonyl (C=O) groups excluding carboxylic acids is 4. The van der Waals surface area contributed by atoms with Gasteiger partial charge in [-0.2, -0.15) is 0 Å². The van der Waals surface area contributed by atoms with E-state index < -0.39 is 23.9 Å². The summed E-state index contributed by atoms with van der Waals surface area (Å²) in [5.41, 5.74) is 4.34. The van der Waals surface area contributed by atoms with E-state index in [1.807, 2.05) is 24.3 Å². The van der Waals surface area contributed by atoms with Gasteiger partial charge >= 0.3 is 23.9 Å². The van der Waals surface area contributed by atoms with Crippen molar-refractivity contribution in [2.75, 3.05) is 13.2 Å². The second-order valence-corrected chi connectivity index (χ2v) is 18.7. The Bertz CT molecular complexity index is 2930. The summed E-state index contributed by atoms with van der Waals surface area (Å²) in [6, 6.07) is 47.4. The first kappa shape index (κ1) is 56.9. The second kappa shape index (κ2) is 31.3. The monoisotopic (exact) mass is 1040 g/mol. The van der Waals surface area contributed by atoms with Gasteiger partial charge in [0, 0.05) is 22.3 Å². The quantitative estimate of drug-likeness (QED) is 0.0224. The molecule has 0 atom stereocenters. The van der Waals surface area contributed by atoms with Crippen molar-refractivity contribution < 1.29 is 47.6 Å². The summed E-state index contributed by atoms with van der Waals surface area (Å²) >= 11 is 0. The largest absolute Gasteiger partial charge is 0.494 e. The van der Waals surface area contributed by atoms with Gasteiger partial charge in [0.1, 0.15) is 34.5 Å². The van der Waals surface area contributed by atoms with Crippen LogP contribution in [0.3, 0.4) is 0 Å². The highest BCUT2D eigenvalue weighted by Gasteiger charge is 2.15. The lowest BCUT2D eigenvalue weighted by Gasteiger charge is -2.08. The normalized spacial score (nSPS) is 10.5. The number of esters is 4. The number of hydrogen-bond acceptors (Lipinski definition) is 10. The molecule has 0 aliphatic heterocycles. The minimum atomic E-state index is -0.560. The summed E-state index contributed by atoms with van der Waals surface area (Å²) in [6.07, 6.45) is 17.0. The van der Waals surface area contributed by atoms with Crippen molar-refractivity contribution in [2.45, 2.75) is 104 Å². The summed E-state index contributed by atoms with van der Waals surface area (Å²) < 4.78 is 33.9. The van der Waals surface area contributed by atoms with Crippen LogP contribution in [-0.2, 0) is 0 Å². The van der Waals surface area contributed by atoms with E-state index in [-0.39, 0.29) is 0 Å². The fraction of sp³-hybridized carbons (Fsp3) is 0.265. The number of hydrogen-bond donors (Lipinski definition) is 0. The van der Waals surface area contributed by atoms with E-state index in [0.29, 0.717) is 70.0 Å². The zero-order valence-electron chi connectivity index (χ0n) is 44.6. The maximum absolute atomic E-state index is 12.9. The zero-order chi connectivity index (χ0) is 54.6. The molecule has 0 saturated heterocycles. The van der Waals surface area contributed by atoms with E-state index in [1.165, 1.54) is 64.2 Å². The highest BCUT2D eigenvalue weighted by molar-refractivity contribution is 5.94. The second-order valence-electron chi connectivity index (χ2n) is 18.7. The standard InChI is InChI=1S/C68H66O10/c1-3-5-7-9-11-13-15-48-73-59-40-28-55(29-41-59)65(69)77-63-44-32-57(33-45-63)67(71)75-61-36-24-51(25-37-61)20-22-53-18-17-19-54(50-53)23-21-52-26-38-62(39-27-52)76-68(72)58-34-46-64(47-35-58)78-66(70)56-30-42-60(43-31-56)74-49-16-14-12-10-8-6-4-2/h17-19,24-47,50H,3-16,48-49H2,1-2H3. The van der Waals surface area contributed by atoms with Gasteiger partial charge in [-0.25, -0.2) is 19.2 Å². The lowest BCUT2D eigenvalue weighted by molar-refractivity contribution is 0.0720. The van der Waals surface area contributed by atoms with Crippen molar-refractivity contribution in [3.63, 3.8) is 0 Å². The predicted molar refractivity (Wildman–Crippen MR) is 304 cm³/mol. The van der Waals surface area contributed by atoms with Crippen LogP contribution in [0.2, 0.25) is 0 Å². The average Bonchev–Trinajstić information content (AvgIpc) is 3.47. The van der Waals surface area contributed by atoms with Crippen molar-refractivity contribution in [1.29, 1.82) is 0 Å².